The first-order valence-electron chi connectivity index (χ1n) is 7.82. The molecule has 120 valence electrons. The van der Waals surface area contributed by atoms with Gasteiger partial charge in [-0.1, -0.05) is 43.7 Å². The zero-order chi connectivity index (χ0) is 16.5. The third kappa shape index (κ3) is 5.29. The number of benzene rings is 2. The van der Waals surface area contributed by atoms with E-state index in [-0.39, 0.29) is 5.97 Å². The molecule has 3 heteroatoms. The fraction of sp³-hybridized carbons (Fsp3) is 0.250. The Kier molecular flexibility index (Phi) is 6.42. The van der Waals surface area contributed by atoms with Crippen molar-refractivity contribution in [2.24, 2.45) is 0 Å². The highest BCUT2D eigenvalue weighted by Crippen LogP contribution is 2.24. The van der Waals surface area contributed by atoms with E-state index in [2.05, 4.69) is 6.92 Å². The van der Waals surface area contributed by atoms with Crippen LogP contribution in [0.25, 0.3) is 17.2 Å². The minimum atomic E-state index is -0.301. The van der Waals surface area contributed by atoms with Gasteiger partial charge in [-0.05, 0) is 47.4 Å². The van der Waals surface area contributed by atoms with Crippen LogP contribution in [0.5, 0.6) is 5.75 Å². The van der Waals surface area contributed by atoms with Gasteiger partial charge in [0, 0.05) is 6.08 Å². The third-order valence-corrected chi connectivity index (χ3v) is 3.44. The lowest BCUT2D eigenvalue weighted by Crippen LogP contribution is -2.01. The van der Waals surface area contributed by atoms with Crippen LogP contribution in [-0.2, 0) is 9.53 Å². The molecular weight excluding hydrogens is 288 g/mol. The van der Waals surface area contributed by atoms with Gasteiger partial charge >= 0.3 is 5.97 Å². The van der Waals surface area contributed by atoms with Gasteiger partial charge < -0.3 is 9.47 Å². The molecule has 0 unspecified atom stereocenters. The van der Waals surface area contributed by atoms with Crippen LogP contribution in [0.15, 0.2) is 54.6 Å². The van der Waals surface area contributed by atoms with E-state index in [9.17, 15) is 4.79 Å². The molecule has 0 bridgehead atoms. The Morgan fingerprint density at radius 2 is 1.83 bits per heavy atom. The van der Waals surface area contributed by atoms with Crippen LogP contribution in [0.2, 0.25) is 0 Å². The lowest BCUT2D eigenvalue weighted by Gasteiger charge is -2.05. The first-order valence-corrected chi connectivity index (χ1v) is 7.82. The van der Waals surface area contributed by atoms with Gasteiger partial charge in [-0.2, -0.15) is 0 Å². The van der Waals surface area contributed by atoms with Gasteiger partial charge in [-0.3, -0.25) is 0 Å². The first kappa shape index (κ1) is 16.8. The van der Waals surface area contributed by atoms with Crippen LogP contribution < -0.4 is 4.74 Å². The summed E-state index contributed by atoms with van der Waals surface area (Å²) in [7, 11) is 1.66. The topological polar surface area (TPSA) is 35.5 Å². The molecule has 2 aromatic rings. The van der Waals surface area contributed by atoms with Crippen molar-refractivity contribution >= 4 is 12.0 Å². The Bertz CT molecular complexity index is 674. The molecule has 0 aromatic heterocycles. The van der Waals surface area contributed by atoms with E-state index >= 15 is 0 Å². The maximum atomic E-state index is 11.6. The molecule has 0 saturated heterocycles. The van der Waals surface area contributed by atoms with Crippen molar-refractivity contribution in [3.63, 3.8) is 0 Å². The zero-order valence-electron chi connectivity index (χ0n) is 13.6. The van der Waals surface area contributed by atoms with Crippen molar-refractivity contribution in [2.45, 2.75) is 19.8 Å². The molecule has 0 aliphatic carbocycles. The van der Waals surface area contributed by atoms with Crippen LogP contribution in [0.1, 0.15) is 25.3 Å². The fourth-order valence-corrected chi connectivity index (χ4v) is 2.15. The van der Waals surface area contributed by atoms with Crippen LogP contribution in [0.3, 0.4) is 0 Å². The summed E-state index contributed by atoms with van der Waals surface area (Å²) in [5, 5.41) is 0. The predicted molar refractivity (Wildman–Crippen MR) is 93.3 cm³/mol. The molecule has 0 N–H and O–H groups in total. The molecule has 0 heterocycles. The number of methoxy groups -OCH3 is 1. The van der Waals surface area contributed by atoms with Crippen molar-refractivity contribution in [1.29, 1.82) is 0 Å². The van der Waals surface area contributed by atoms with Crippen LogP contribution in [0, 0.1) is 0 Å². The second kappa shape index (κ2) is 8.79. The molecule has 2 aromatic carbocycles. The summed E-state index contributed by atoms with van der Waals surface area (Å²) in [5.74, 6) is 0.521. The lowest BCUT2D eigenvalue weighted by atomic mass is 10.0. The van der Waals surface area contributed by atoms with Gasteiger partial charge in [-0.15, -0.1) is 0 Å². The number of ether oxygens (including phenoxy) is 2. The highest BCUT2D eigenvalue weighted by molar-refractivity contribution is 5.87. The zero-order valence-corrected chi connectivity index (χ0v) is 13.6. The number of unbranched alkanes of at least 4 members (excludes halogenated alkanes) is 1. The molecule has 0 aliphatic rings. The Labute approximate surface area is 137 Å². The van der Waals surface area contributed by atoms with E-state index in [1.54, 1.807) is 13.2 Å². The van der Waals surface area contributed by atoms with Crippen LogP contribution >= 0.6 is 0 Å². The monoisotopic (exact) mass is 310 g/mol. The van der Waals surface area contributed by atoms with Gasteiger partial charge in [0.05, 0.1) is 13.7 Å². The number of rotatable bonds is 7. The Morgan fingerprint density at radius 1 is 1.09 bits per heavy atom. The molecule has 0 saturated carbocycles. The van der Waals surface area contributed by atoms with Gasteiger partial charge in [0.25, 0.3) is 0 Å². The Balaban J connectivity index is 2.09. The Hall–Kier alpha value is -2.55. The van der Waals surface area contributed by atoms with Crippen molar-refractivity contribution < 1.29 is 14.3 Å². The molecule has 0 radical (unpaired) electrons. The summed E-state index contributed by atoms with van der Waals surface area (Å²) in [5.41, 5.74) is 3.10. The van der Waals surface area contributed by atoms with Crippen molar-refractivity contribution in [1.82, 2.24) is 0 Å². The van der Waals surface area contributed by atoms with Crippen molar-refractivity contribution in [2.75, 3.05) is 13.7 Å². The molecule has 0 atom stereocenters. The number of carbonyl (C=O) groups excluding carboxylic acids is 1. The van der Waals surface area contributed by atoms with Gasteiger partial charge in [0.15, 0.2) is 0 Å². The van der Waals surface area contributed by atoms with E-state index in [0.717, 1.165) is 35.3 Å². The SMILES string of the molecule is CCCCOC(=O)/C=C/c1cccc(-c2cccc(OC)c2)c1. The van der Waals surface area contributed by atoms with E-state index in [4.69, 9.17) is 9.47 Å². The molecule has 0 spiro atoms. The smallest absolute Gasteiger partial charge is 0.330 e. The van der Waals surface area contributed by atoms with E-state index in [0.29, 0.717) is 6.61 Å². The predicted octanol–water partition coefficient (Wildman–Crippen LogP) is 4.72. The lowest BCUT2D eigenvalue weighted by molar-refractivity contribution is -0.137. The van der Waals surface area contributed by atoms with Crippen LogP contribution in [0.4, 0.5) is 0 Å². The average molecular weight is 310 g/mol. The van der Waals surface area contributed by atoms with Gasteiger partial charge in [0.1, 0.15) is 5.75 Å². The number of carbonyl (C=O) groups is 1. The third-order valence-electron chi connectivity index (χ3n) is 3.44. The van der Waals surface area contributed by atoms with Gasteiger partial charge in [-0.25, -0.2) is 4.79 Å². The van der Waals surface area contributed by atoms with Crippen molar-refractivity contribution in [3.8, 4) is 16.9 Å². The molecule has 3 nitrogen and oxygen atoms in total. The van der Waals surface area contributed by atoms with Crippen molar-refractivity contribution in [3.05, 3.63) is 60.2 Å². The minimum Gasteiger partial charge on any atom is -0.497 e. The summed E-state index contributed by atoms with van der Waals surface area (Å²) >= 11 is 0. The quantitative estimate of drug-likeness (QED) is 0.422. The molecule has 0 fully saturated rings. The van der Waals surface area contributed by atoms with Crippen LogP contribution in [-0.4, -0.2) is 19.7 Å². The fourth-order valence-electron chi connectivity index (χ4n) is 2.15. The first-order chi connectivity index (χ1) is 11.2. The summed E-state index contributed by atoms with van der Waals surface area (Å²) in [4.78, 5) is 11.6. The number of hydrogen-bond acceptors (Lipinski definition) is 3. The molecule has 2 rings (SSSR count). The normalized spacial score (nSPS) is 10.7. The van der Waals surface area contributed by atoms with E-state index in [1.165, 1.54) is 6.08 Å². The molecule has 0 aliphatic heterocycles. The van der Waals surface area contributed by atoms with E-state index in [1.807, 2.05) is 48.5 Å². The molecule has 0 amide bonds. The second-order valence-electron chi connectivity index (χ2n) is 5.21. The summed E-state index contributed by atoms with van der Waals surface area (Å²) < 4.78 is 10.4. The highest BCUT2D eigenvalue weighted by Gasteiger charge is 2.01. The number of hydrogen-bond donors (Lipinski definition) is 0. The highest BCUT2D eigenvalue weighted by atomic mass is 16.5. The standard InChI is InChI=1S/C20H22O3/c1-3-4-13-23-20(21)12-11-16-7-5-8-17(14-16)18-9-6-10-19(15-18)22-2/h5-12,14-15H,3-4,13H2,1-2H3/b12-11+. The largest absolute Gasteiger partial charge is 0.497 e. The summed E-state index contributed by atoms with van der Waals surface area (Å²) in [6, 6.07) is 15.9. The average Bonchev–Trinajstić information content (AvgIpc) is 2.60. The second-order valence-corrected chi connectivity index (χ2v) is 5.21. The Morgan fingerprint density at radius 3 is 2.57 bits per heavy atom. The maximum Gasteiger partial charge on any atom is 0.330 e. The van der Waals surface area contributed by atoms with Gasteiger partial charge in [0.2, 0.25) is 0 Å². The number of esters is 1. The molecular formula is C20H22O3. The summed E-state index contributed by atoms with van der Waals surface area (Å²) in [6.45, 7) is 2.54. The molecule has 23 heavy (non-hydrogen) atoms. The van der Waals surface area contributed by atoms with E-state index < -0.39 is 0 Å². The maximum absolute atomic E-state index is 11.6. The summed E-state index contributed by atoms with van der Waals surface area (Å²) in [6.07, 6.45) is 5.16. The minimum absolute atomic E-state index is 0.301.